The third-order valence-corrected chi connectivity index (χ3v) is 4.07. The third-order valence-electron chi connectivity index (χ3n) is 4.07. The molecule has 0 heterocycles. The van der Waals surface area contributed by atoms with Gasteiger partial charge in [-0.15, -0.1) is 0 Å². The van der Waals surface area contributed by atoms with Crippen LogP contribution in [0, 0.1) is 0 Å². The van der Waals surface area contributed by atoms with E-state index in [0.717, 1.165) is 19.6 Å². The molecule has 20 heavy (non-hydrogen) atoms. The molecule has 0 spiro atoms. The zero-order valence-corrected chi connectivity index (χ0v) is 14.4. The quantitative estimate of drug-likeness (QED) is 0.388. The molecule has 2 nitrogen and oxygen atoms in total. The lowest BCUT2D eigenvalue weighted by atomic mass is 10.0. The molecule has 0 aromatic carbocycles. The van der Waals surface area contributed by atoms with Crippen molar-refractivity contribution >= 4 is 0 Å². The summed E-state index contributed by atoms with van der Waals surface area (Å²) < 4.78 is 5.18. The Morgan fingerprint density at radius 1 is 0.750 bits per heavy atom. The second-order valence-corrected chi connectivity index (χ2v) is 6.01. The monoisotopic (exact) mass is 285 g/mol. The van der Waals surface area contributed by atoms with Crippen molar-refractivity contribution in [2.24, 2.45) is 0 Å². The topological polar surface area (TPSA) is 21.3 Å². The standard InChI is InChI=1S/C18H39NO/c1-4-6-7-8-9-10-11-12-13-14-15-18(19-5-2)16-17-20-3/h18-19H,4-17H2,1-3H3. The Labute approximate surface area is 128 Å². The van der Waals surface area contributed by atoms with Crippen LogP contribution >= 0.6 is 0 Å². The van der Waals surface area contributed by atoms with Crippen molar-refractivity contribution in [3.8, 4) is 0 Å². The summed E-state index contributed by atoms with van der Waals surface area (Å²) in [4.78, 5) is 0. The van der Waals surface area contributed by atoms with Crippen molar-refractivity contribution < 1.29 is 4.74 Å². The van der Waals surface area contributed by atoms with Gasteiger partial charge in [0.05, 0.1) is 0 Å². The molecule has 0 rings (SSSR count). The Bertz CT molecular complexity index is 173. The van der Waals surface area contributed by atoms with Crippen molar-refractivity contribution in [1.29, 1.82) is 0 Å². The lowest BCUT2D eigenvalue weighted by molar-refractivity contribution is 0.180. The van der Waals surface area contributed by atoms with Crippen molar-refractivity contribution in [2.75, 3.05) is 20.3 Å². The first-order valence-corrected chi connectivity index (χ1v) is 9.07. The smallest absolute Gasteiger partial charge is 0.0477 e. The molecule has 0 bridgehead atoms. The molecule has 0 amide bonds. The van der Waals surface area contributed by atoms with Crippen LogP contribution in [-0.4, -0.2) is 26.3 Å². The second kappa shape index (κ2) is 17.0. The fourth-order valence-electron chi connectivity index (χ4n) is 2.78. The predicted molar refractivity (Wildman–Crippen MR) is 90.4 cm³/mol. The molecule has 1 atom stereocenters. The van der Waals surface area contributed by atoms with Crippen LogP contribution in [0.25, 0.3) is 0 Å². The molecule has 0 saturated heterocycles. The molecule has 0 aromatic rings. The molecule has 122 valence electrons. The van der Waals surface area contributed by atoms with Gasteiger partial charge in [-0.3, -0.25) is 0 Å². The van der Waals surface area contributed by atoms with Crippen LogP contribution in [-0.2, 0) is 4.74 Å². The minimum Gasteiger partial charge on any atom is -0.385 e. The van der Waals surface area contributed by atoms with Crippen LogP contribution in [0.1, 0.15) is 90.9 Å². The van der Waals surface area contributed by atoms with E-state index in [1.54, 1.807) is 7.11 Å². The average molecular weight is 286 g/mol. The van der Waals surface area contributed by atoms with E-state index >= 15 is 0 Å². The first-order valence-electron chi connectivity index (χ1n) is 9.07. The van der Waals surface area contributed by atoms with E-state index in [0.29, 0.717) is 6.04 Å². The molecule has 1 N–H and O–H groups in total. The van der Waals surface area contributed by atoms with Gasteiger partial charge in [0.1, 0.15) is 0 Å². The van der Waals surface area contributed by atoms with Crippen LogP contribution in [0.3, 0.4) is 0 Å². The Kier molecular flexibility index (Phi) is 16.9. The molecule has 0 fully saturated rings. The number of ether oxygens (including phenoxy) is 1. The fourth-order valence-corrected chi connectivity index (χ4v) is 2.78. The largest absolute Gasteiger partial charge is 0.385 e. The van der Waals surface area contributed by atoms with Crippen molar-refractivity contribution in [1.82, 2.24) is 5.32 Å². The van der Waals surface area contributed by atoms with Gasteiger partial charge >= 0.3 is 0 Å². The zero-order chi connectivity index (χ0) is 14.9. The minimum atomic E-state index is 0.661. The van der Waals surface area contributed by atoms with Gasteiger partial charge in [0.2, 0.25) is 0 Å². The fraction of sp³-hybridized carbons (Fsp3) is 1.00. The van der Waals surface area contributed by atoms with E-state index < -0.39 is 0 Å². The number of rotatable bonds is 16. The van der Waals surface area contributed by atoms with E-state index in [4.69, 9.17) is 4.74 Å². The van der Waals surface area contributed by atoms with Gasteiger partial charge in [-0.1, -0.05) is 78.1 Å². The molecule has 0 saturated carbocycles. The summed E-state index contributed by atoms with van der Waals surface area (Å²) in [6, 6.07) is 0.661. The van der Waals surface area contributed by atoms with Gasteiger partial charge in [0.15, 0.2) is 0 Å². The van der Waals surface area contributed by atoms with Crippen LogP contribution in [0.2, 0.25) is 0 Å². The van der Waals surface area contributed by atoms with E-state index in [1.807, 2.05) is 0 Å². The predicted octanol–water partition coefficient (Wildman–Crippen LogP) is 5.31. The Morgan fingerprint density at radius 3 is 1.80 bits per heavy atom. The summed E-state index contributed by atoms with van der Waals surface area (Å²) in [6.45, 7) is 6.44. The second-order valence-electron chi connectivity index (χ2n) is 6.01. The molecule has 1 unspecified atom stereocenters. The Hall–Kier alpha value is -0.0800. The Morgan fingerprint density at radius 2 is 1.30 bits per heavy atom. The summed E-state index contributed by atoms with van der Waals surface area (Å²) >= 11 is 0. The highest BCUT2D eigenvalue weighted by atomic mass is 16.5. The molecule has 0 aromatic heterocycles. The van der Waals surface area contributed by atoms with E-state index in [-0.39, 0.29) is 0 Å². The van der Waals surface area contributed by atoms with Gasteiger partial charge in [-0.05, 0) is 19.4 Å². The van der Waals surface area contributed by atoms with Gasteiger partial charge in [-0.25, -0.2) is 0 Å². The highest BCUT2D eigenvalue weighted by molar-refractivity contribution is 4.65. The SMILES string of the molecule is CCCCCCCCCCCCC(CCOC)NCC. The van der Waals surface area contributed by atoms with Gasteiger partial charge in [0.25, 0.3) is 0 Å². The summed E-state index contributed by atoms with van der Waals surface area (Å²) in [7, 11) is 1.80. The number of nitrogens with one attached hydrogen (secondary N) is 1. The van der Waals surface area contributed by atoms with E-state index in [9.17, 15) is 0 Å². The van der Waals surface area contributed by atoms with E-state index in [2.05, 4.69) is 19.2 Å². The van der Waals surface area contributed by atoms with Crippen LogP contribution in [0.15, 0.2) is 0 Å². The maximum atomic E-state index is 5.18. The van der Waals surface area contributed by atoms with Crippen LogP contribution in [0.5, 0.6) is 0 Å². The Balaban J connectivity index is 3.27. The van der Waals surface area contributed by atoms with Gasteiger partial charge in [0, 0.05) is 19.8 Å². The minimum absolute atomic E-state index is 0.661. The maximum Gasteiger partial charge on any atom is 0.0477 e. The summed E-state index contributed by atoms with van der Waals surface area (Å²) in [6.07, 6.45) is 16.7. The summed E-state index contributed by atoms with van der Waals surface area (Å²) in [5.74, 6) is 0. The number of unbranched alkanes of at least 4 members (excludes halogenated alkanes) is 9. The number of methoxy groups -OCH3 is 1. The summed E-state index contributed by atoms with van der Waals surface area (Å²) in [5.41, 5.74) is 0. The highest BCUT2D eigenvalue weighted by Gasteiger charge is 2.06. The molecular weight excluding hydrogens is 246 g/mol. The lowest BCUT2D eigenvalue weighted by Gasteiger charge is -2.17. The van der Waals surface area contributed by atoms with Crippen molar-refractivity contribution in [2.45, 2.75) is 96.9 Å². The van der Waals surface area contributed by atoms with Gasteiger partial charge in [-0.2, -0.15) is 0 Å². The number of hydrogen-bond donors (Lipinski definition) is 1. The first kappa shape index (κ1) is 19.9. The number of hydrogen-bond acceptors (Lipinski definition) is 2. The maximum absolute atomic E-state index is 5.18. The molecule has 2 heteroatoms. The van der Waals surface area contributed by atoms with Gasteiger partial charge < -0.3 is 10.1 Å². The van der Waals surface area contributed by atoms with Crippen molar-refractivity contribution in [3.05, 3.63) is 0 Å². The zero-order valence-electron chi connectivity index (χ0n) is 14.4. The van der Waals surface area contributed by atoms with Crippen LogP contribution in [0.4, 0.5) is 0 Å². The molecular formula is C18H39NO. The summed E-state index contributed by atoms with van der Waals surface area (Å²) in [5, 5.41) is 3.57. The average Bonchev–Trinajstić information content (AvgIpc) is 2.46. The molecule has 0 aliphatic rings. The van der Waals surface area contributed by atoms with E-state index in [1.165, 1.54) is 70.6 Å². The first-order chi connectivity index (χ1) is 9.85. The normalized spacial score (nSPS) is 12.8. The molecule has 0 aliphatic carbocycles. The lowest BCUT2D eigenvalue weighted by Crippen LogP contribution is -2.29. The highest BCUT2D eigenvalue weighted by Crippen LogP contribution is 2.12. The van der Waals surface area contributed by atoms with Crippen molar-refractivity contribution in [3.63, 3.8) is 0 Å². The molecule has 0 radical (unpaired) electrons. The van der Waals surface area contributed by atoms with Crippen LogP contribution < -0.4 is 5.32 Å². The molecule has 0 aliphatic heterocycles. The third kappa shape index (κ3) is 14.3.